The minimum absolute atomic E-state index is 0.114. The first kappa shape index (κ1) is 14.1. The summed E-state index contributed by atoms with van der Waals surface area (Å²) in [7, 11) is 0. The summed E-state index contributed by atoms with van der Waals surface area (Å²) in [6.07, 6.45) is 4.49. The van der Waals surface area contributed by atoms with Crippen LogP contribution in [0.5, 0.6) is 5.75 Å². The zero-order valence-corrected chi connectivity index (χ0v) is 12.5. The third-order valence-corrected chi connectivity index (χ3v) is 3.34. The molecule has 0 aliphatic heterocycles. The van der Waals surface area contributed by atoms with Gasteiger partial charge in [-0.1, -0.05) is 12.1 Å². The lowest BCUT2D eigenvalue weighted by Crippen LogP contribution is -2.19. The monoisotopic (exact) mass is 323 g/mol. The fourth-order valence-corrected chi connectivity index (χ4v) is 2.42. The van der Waals surface area contributed by atoms with E-state index in [4.69, 9.17) is 10.5 Å². The molecular formula is C14H18BrN3O. The lowest BCUT2D eigenvalue weighted by Gasteiger charge is -2.14. The lowest BCUT2D eigenvalue weighted by atomic mass is 10.1. The summed E-state index contributed by atoms with van der Waals surface area (Å²) in [5.41, 5.74) is 6.99. The van der Waals surface area contributed by atoms with Gasteiger partial charge in [-0.3, -0.25) is 4.68 Å². The SMILES string of the molecule is CC(N)Cc1cccc(Br)c1OCCn1cccn1. The molecule has 1 aromatic carbocycles. The van der Waals surface area contributed by atoms with Gasteiger partial charge in [0.15, 0.2) is 0 Å². The highest BCUT2D eigenvalue weighted by Crippen LogP contribution is 2.29. The Morgan fingerprint density at radius 2 is 2.26 bits per heavy atom. The van der Waals surface area contributed by atoms with Crippen LogP contribution in [-0.2, 0) is 13.0 Å². The number of halogens is 1. The van der Waals surface area contributed by atoms with Gasteiger partial charge < -0.3 is 10.5 Å². The molecule has 4 nitrogen and oxygen atoms in total. The predicted molar refractivity (Wildman–Crippen MR) is 79.2 cm³/mol. The maximum Gasteiger partial charge on any atom is 0.136 e. The van der Waals surface area contributed by atoms with Gasteiger partial charge in [-0.05, 0) is 47.0 Å². The predicted octanol–water partition coefficient (Wildman–Crippen LogP) is 2.61. The van der Waals surface area contributed by atoms with Crippen LogP contribution in [0.2, 0.25) is 0 Å². The van der Waals surface area contributed by atoms with Crippen molar-refractivity contribution in [2.75, 3.05) is 6.61 Å². The molecule has 5 heteroatoms. The summed E-state index contributed by atoms with van der Waals surface area (Å²) in [6, 6.07) is 8.05. The Bertz CT molecular complexity index is 511. The van der Waals surface area contributed by atoms with E-state index in [9.17, 15) is 0 Å². The molecule has 0 aliphatic carbocycles. The summed E-state index contributed by atoms with van der Waals surface area (Å²) in [6.45, 7) is 3.30. The standard InChI is InChI=1S/C14H18BrN3O/c1-11(16)10-12-4-2-5-13(15)14(12)19-9-8-18-7-3-6-17-18/h2-7,11H,8-10,16H2,1H3. The van der Waals surface area contributed by atoms with E-state index < -0.39 is 0 Å². The van der Waals surface area contributed by atoms with E-state index in [2.05, 4.69) is 27.1 Å². The molecule has 0 spiro atoms. The second-order valence-electron chi connectivity index (χ2n) is 4.53. The Morgan fingerprint density at radius 1 is 1.42 bits per heavy atom. The number of hydrogen-bond acceptors (Lipinski definition) is 3. The molecule has 2 aromatic rings. The van der Waals surface area contributed by atoms with Crippen LogP contribution in [0.1, 0.15) is 12.5 Å². The van der Waals surface area contributed by atoms with Crippen LogP contribution in [0.25, 0.3) is 0 Å². The number of para-hydroxylation sites is 1. The molecule has 1 heterocycles. The van der Waals surface area contributed by atoms with Gasteiger partial charge in [-0.25, -0.2) is 0 Å². The van der Waals surface area contributed by atoms with E-state index in [1.165, 1.54) is 0 Å². The summed E-state index contributed by atoms with van der Waals surface area (Å²) in [5.74, 6) is 0.881. The third-order valence-electron chi connectivity index (χ3n) is 2.72. The first-order valence-electron chi connectivity index (χ1n) is 6.30. The van der Waals surface area contributed by atoms with Crippen LogP contribution >= 0.6 is 15.9 Å². The molecular weight excluding hydrogens is 306 g/mol. The van der Waals surface area contributed by atoms with Crippen molar-refractivity contribution in [2.24, 2.45) is 5.73 Å². The van der Waals surface area contributed by atoms with Gasteiger partial charge in [0, 0.05) is 18.4 Å². The number of ether oxygens (including phenoxy) is 1. The Kier molecular flexibility index (Phi) is 4.99. The molecule has 102 valence electrons. The van der Waals surface area contributed by atoms with Gasteiger partial charge in [0.1, 0.15) is 12.4 Å². The van der Waals surface area contributed by atoms with Gasteiger partial charge >= 0.3 is 0 Å². The fraction of sp³-hybridized carbons (Fsp3) is 0.357. The quantitative estimate of drug-likeness (QED) is 0.889. The molecule has 0 amide bonds. The Labute approximate surface area is 121 Å². The lowest BCUT2D eigenvalue weighted by molar-refractivity contribution is 0.286. The van der Waals surface area contributed by atoms with Gasteiger partial charge in [-0.15, -0.1) is 0 Å². The average Bonchev–Trinajstić information content (AvgIpc) is 2.85. The minimum Gasteiger partial charge on any atom is -0.490 e. The van der Waals surface area contributed by atoms with Crippen molar-refractivity contribution in [3.8, 4) is 5.75 Å². The third kappa shape index (κ3) is 4.08. The molecule has 1 aromatic heterocycles. The maximum absolute atomic E-state index is 5.88. The zero-order valence-electron chi connectivity index (χ0n) is 10.9. The number of aromatic nitrogens is 2. The smallest absolute Gasteiger partial charge is 0.136 e. The van der Waals surface area contributed by atoms with Crippen molar-refractivity contribution in [1.29, 1.82) is 0 Å². The van der Waals surface area contributed by atoms with Gasteiger partial charge in [0.2, 0.25) is 0 Å². The Morgan fingerprint density at radius 3 is 2.95 bits per heavy atom. The van der Waals surface area contributed by atoms with Crippen molar-refractivity contribution >= 4 is 15.9 Å². The van der Waals surface area contributed by atoms with E-state index in [0.717, 1.165) is 28.8 Å². The Hall–Kier alpha value is -1.33. The van der Waals surface area contributed by atoms with E-state index in [-0.39, 0.29) is 6.04 Å². The molecule has 0 saturated carbocycles. The molecule has 0 saturated heterocycles. The number of nitrogens with zero attached hydrogens (tertiary/aromatic N) is 2. The second-order valence-corrected chi connectivity index (χ2v) is 5.38. The van der Waals surface area contributed by atoms with E-state index >= 15 is 0 Å². The zero-order chi connectivity index (χ0) is 13.7. The van der Waals surface area contributed by atoms with Crippen LogP contribution in [0.15, 0.2) is 41.1 Å². The van der Waals surface area contributed by atoms with Crippen LogP contribution in [0.3, 0.4) is 0 Å². The molecule has 19 heavy (non-hydrogen) atoms. The highest BCUT2D eigenvalue weighted by atomic mass is 79.9. The molecule has 0 fully saturated rings. The van der Waals surface area contributed by atoms with Crippen molar-refractivity contribution in [1.82, 2.24) is 9.78 Å². The average molecular weight is 324 g/mol. The van der Waals surface area contributed by atoms with Crippen molar-refractivity contribution < 1.29 is 4.74 Å². The molecule has 1 atom stereocenters. The molecule has 2 rings (SSSR count). The minimum atomic E-state index is 0.114. The van der Waals surface area contributed by atoms with Gasteiger partial charge in [0.05, 0.1) is 11.0 Å². The van der Waals surface area contributed by atoms with E-state index in [1.807, 2.05) is 36.0 Å². The van der Waals surface area contributed by atoms with E-state index in [0.29, 0.717) is 6.61 Å². The van der Waals surface area contributed by atoms with Crippen LogP contribution in [0, 0.1) is 0 Å². The fourth-order valence-electron chi connectivity index (χ4n) is 1.90. The number of nitrogens with two attached hydrogens (primary N) is 1. The molecule has 2 N–H and O–H groups in total. The van der Waals surface area contributed by atoms with Gasteiger partial charge in [0.25, 0.3) is 0 Å². The molecule has 0 aliphatic rings. The summed E-state index contributed by atoms with van der Waals surface area (Å²) in [4.78, 5) is 0. The molecule has 0 bridgehead atoms. The van der Waals surface area contributed by atoms with Crippen molar-refractivity contribution in [3.05, 3.63) is 46.7 Å². The van der Waals surface area contributed by atoms with Crippen LogP contribution in [0.4, 0.5) is 0 Å². The second kappa shape index (κ2) is 6.73. The number of benzene rings is 1. The Balaban J connectivity index is 2.01. The van der Waals surface area contributed by atoms with Gasteiger partial charge in [-0.2, -0.15) is 5.10 Å². The van der Waals surface area contributed by atoms with Crippen molar-refractivity contribution in [2.45, 2.75) is 25.9 Å². The highest BCUT2D eigenvalue weighted by molar-refractivity contribution is 9.10. The van der Waals surface area contributed by atoms with Crippen molar-refractivity contribution in [3.63, 3.8) is 0 Å². The topological polar surface area (TPSA) is 53.1 Å². The van der Waals surface area contributed by atoms with Crippen LogP contribution in [-0.4, -0.2) is 22.4 Å². The number of rotatable bonds is 6. The summed E-state index contributed by atoms with van der Waals surface area (Å²) >= 11 is 3.53. The summed E-state index contributed by atoms with van der Waals surface area (Å²) < 4.78 is 8.69. The normalized spacial score (nSPS) is 12.4. The largest absolute Gasteiger partial charge is 0.490 e. The molecule has 1 unspecified atom stereocenters. The maximum atomic E-state index is 5.88. The van der Waals surface area contributed by atoms with Crippen LogP contribution < -0.4 is 10.5 Å². The van der Waals surface area contributed by atoms with E-state index in [1.54, 1.807) is 6.20 Å². The first-order valence-corrected chi connectivity index (χ1v) is 7.09. The first-order chi connectivity index (χ1) is 9.16. The summed E-state index contributed by atoms with van der Waals surface area (Å²) in [5, 5.41) is 4.15. The molecule has 0 radical (unpaired) electrons. The number of hydrogen-bond donors (Lipinski definition) is 1. The highest BCUT2D eigenvalue weighted by Gasteiger charge is 2.09.